The lowest BCUT2D eigenvalue weighted by Gasteiger charge is -2.28. The van der Waals surface area contributed by atoms with Crippen molar-refractivity contribution in [2.75, 3.05) is 0 Å². The summed E-state index contributed by atoms with van der Waals surface area (Å²) in [7, 11) is 54.5. The third-order valence-corrected chi connectivity index (χ3v) is 11.7. The highest BCUT2D eigenvalue weighted by molar-refractivity contribution is 6.71. The Hall–Kier alpha value is -5.20. The summed E-state index contributed by atoms with van der Waals surface area (Å²) in [6, 6.07) is 41.9. The van der Waals surface area contributed by atoms with Gasteiger partial charge in [0.25, 0.3) is 0 Å². The van der Waals surface area contributed by atoms with E-state index in [1.165, 1.54) is 22.3 Å². The van der Waals surface area contributed by atoms with Gasteiger partial charge in [-0.2, -0.15) is 0 Å². The van der Waals surface area contributed by atoms with Crippen LogP contribution in [0.5, 0.6) is 0 Å². The van der Waals surface area contributed by atoms with Crippen LogP contribution in [0.1, 0.15) is 25.0 Å². The lowest BCUT2D eigenvalue weighted by atomic mass is 9.59. The molecule has 8 heteroatoms. The van der Waals surface area contributed by atoms with Crippen molar-refractivity contribution in [2.45, 2.75) is 19.3 Å². The van der Waals surface area contributed by atoms with E-state index >= 15 is 0 Å². The molecule has 0 aliphatic heterocycles. The van der Waals surface area contributed by atoms with Gasteiger partial charge >= 0.3 is 0 Å². The van der Waals surface area contributed by atoms with E-state index in [0.717, 1.165) is 33.4 Å². The maximum atomic E-state index is 7.01. The predicted octanol–water partition coefficient (Wildman–Crippen LogP) is 3.32. The van der Waals surface area contributed by atoms with Gasteiger partial charge in [-0.05, 0) is 100 Å². The fourth-order valence-corrected chi connectivity index (χ4v) is 8.72. The van der Waals surface area contributed by atoms with Crippen molar-refractivity contribution in [1.29, 1.82) is 0 Å². The number of benzene rings is 8. The molecule has 0 fully saturated rings. The molecule has 9 rings (SSSR count). The molecule has 0 unspecified atom stereocenters. The van der Waals surface area contributed by atoms with E-state index in [1.807, 2.05) is 42.5 Å². The molecular formula is C47H26B8. The highest BCUT2D eigenvalue weighted by Gasteiger charge is 2.35. The van der Waals surface area contributed by atoms with E-state index in [4.69, 9.17) is 62.8 Å². The molecule has 8 aromatic rings. The third kappa shape index (κ3) is 5.24. The average molecular weight is 677 g/mol. The van der Waals surface area contributed by atoms with Crippen LogP contribution in [0.15, 0.2) is 121 Å². The normalized spacial score (nSPS) is 12.9. The highest BCUT2D eigenvalue weighted by atomic mass is 14.4. The lowest BCUT2D eigenvalue weighted by Crippen LogP contribution is -2.50. The molecule has 55 heavy (non-hydrogen) atoms. The minimum atomic E-state index is -0.159. The summed E-state index contributed by atoms with van der Waals surface area (Å²) in [5.41, 5.74) is 13.9. The Kier molecular flexibility index (Phi) is 8.36. The second-order valence-corrected chi connectivity index (χ2v) is 15.0. The first-order valence-corrected chi connectivity index (χ1v) is 18.2. The van der Waals surface area contributed by atoms with Gasteiger partial charge in [0.05, 0.1) is 0 Å². The molecule has 0 saturated carbocycles. The standard InChI is InChI=1S/C47H26B8/c1-47(2)31-14-7-6-13-29(31)30-20-19-27(22-32(30)47)26-11-8-12-28(21-26)34-37-35(39(48)43(52)45(54)41(37)50)33(36-38(34)42(51)46(55)44(53)40(36)49)25-17-15-24(16-18-25)23-9-4-3-5-10-23/h3-22H,1-2H3. The van der Waals surface area contributed by atoms with Crippen LogP contribution in [-0.4, -0.2) is 62.8 Å². The second-order valence-electron chi connectivity index (χ2n) is 15.0. The van der Waals surface area contributed by atoms with Gasteiger partial charge in [-0.3, -0.25) is 0 Å². The van der Waals surface area contributed by atoms with Crippen LogP contribution in [0.3, 0.4) is 0 Å². The number of rotatable bonds is 4. The first kappa shape index (κ1) is 35.5. The van der Waals surface area contributed by atoms with Crippen LogP contribution in [0.25, 0.3) is 77.2 Å². The van der Waals surface area contributed by atoms with Gasteiger partial charge in [0, 0.05) is 5.41 Å². The molecule has 1 aliphatic rings. The largest absolute Gasteiger partial charge is 0.113 e. The van der Waals surface area contributed by atoms with Gasteiger partial charge in [-0.25, -0.2) is 0 Å². The van der Waals surface area contributed by atoms with Crippen molar-refractivity contribution < 1.29 is 0 Å². The topological polar surface area (TPSA) is 0 Å². The van der Waals surface area contributed by atoms with E-state index in [2.05, 4.69) is 92.7 Å². The Labute approximate surface area is 333 Å². The Morgan fingerprint density at radius 3 is 1.29 bits per heavy atom. The number of hydrogen-bond donors (Lipinski definition) is 0. The van der Waals surface area contributed by atoms with Crippen LogP contribution in [0.4, 0.5) is 0 Å². The molecule has 0 nitrogen and oxygen atoms in total. The molecular weight excluding hydrogens is 651 g/mol. The predicted molar refractivity (Wildman–Crippen MR) is 244 cm³/mol. The van der Waals surface area contributed by atoms with Crippen molar-refractivity contribution in [1.82, 2.24) is 0 Å². The molecule has 8 aromatic carbocycles. The molecule has 0 aromatic heterocycles. The van der Waals surface area contributed by atoms with E-state index < -0.39 is 0 Å². The van der Waals surface area contributed by atoms with E-state index in [0.29, 0.717) is 32.7 Å². The fraction of sp³-hybridized carbons (Fsp3) is 0.0638. The summed E-state index contributed by atoms with van der Waals surface area (Å²) < 4.78 is 0. The lowest BCUT2D eigenvalue weighted by molar-refractivity contribution is 0.660. The average Bonchev–Trinajstić information content (AvgIpc) is 3.45. The van der Waals surface area contributed by atoms with Gasteiger partial charge in [0.2, 0.25) is 0 Å². The monoisotopic (exact) mass is 678 g/mol. The highest BCUT2D eigenvalue weighted by Crippen LogP contribution is 2.50. The number of fused-ring (bicyclic) bond motifs is 5. The molecule has 0 saturated heterocycles. The van der Waals surface area contributed by atoms with Gasteiger partial charge < -0.3 is 0 Å². The fourth-order valence-electron chi connectivity index (χ4n) is 8.72. The third-order valence-electron chi connectivity index (χ3n) is 11.7. The molecule has 0 heterocycles. The van der Waals surface area contributed by atoms with Crippen molar-refractivity contribution >= 4 is 128 Å². The second kappa shape index (κ2) is 12.9. The van der Waals surface area contributed by atoms with Gasteiger partial charge in [-0.15, -0.1) is 21.9 Å². The zero-order chi connectivity index (χ0) is 38.5. The van der Waals surface area contributed by atoms with Crippen LogP contribution >= 0.6 is 0 Å². The summed E-state index contributed by atoms with van der Waals surface area (Å²) in [4.78, 5) is 0. The molecule has 1 aliphatic carbocycles. The summed E-state index contributed by atoms with van der Waals surface area (Å²) in [5.74, 6) is 0. The maximum Gasteiger partial charge on any atom is 0.113 e. The summed E-state index contributed by atoms with van der Waals surface area (Å²) >= 11 is 0. The quantitative estimate of drug-likeness (QED) is 0.198. The van der Waals surface area contributed by atoms with Crippen LogP contribution in [-0.2, 0) is 5.41 Å². The van der Waals surface area contributed by atoms with E-state index in [9.17, 15) is 0 Å². The van der Waals surface area contributed by atoms with Crippen LogP contribution in [0.2, 0.25) is 0 Å². The van der Waals surface area contributed by atoms with Crippen molar-refractivity contribution in [3.05, 3.63) is 132 Å². The number of hydrogen-bond acceptors (Lipinski definition) is 0. The van der Waals surface area contributed by atoms with Crippen molar-refractivity contribution in [3.8, 4) is 55.6 Å². The molecule has 0 spiro atoms. The maximum absolute atomic E-state index is 7.01. The van der Waals surface area contributed by atoms with Crippen molar-refractivity contribution in [2.24, 2.45) is 0 Å². The Balaban J connectivity index is 1.35. The summed E-state index contributed by atoms with van der Waals surface area (Å²) in [6.07, 6.45) is 0. The van der Waals surface area contributed by atoms with E-state index in [1.54, 1.807) is 0 Å². The summed E-state index contributed by atoms with van der Waals surface area (Å²) in [6.45, 7) is 4.55. The van der Waals surface area contributed by atoms with Crippen LogP contribution in [0, 0.1) is 0 Å². The molecule has 0 amide bonds. The summed E-state index contributed by atoms with van der Waals surface area (Å²) in [5, 5.41) is 2.38. The Morgan fingerprint density at radius 2 is 0.709 bits per heavy atom. The van der Waals surface area contributed by atoms with Gasteiger partial charge in [0.15, 0.2) is 0 Å². The van der Waals surface area contributed by atoms with Gasteiger partial charge in [-0.1, -0.05) is 145 Å². The molecule has 16 radical (unpaired) electrons. The van der Waals surface area contributed by atoms with Crippen molar-refractivity contribution in [3.63, 3.8) is 0 Å². The minimum Gasteiger partial charge on any atom is -0.110 e. The van der Waals surface area contributed by atoms with Gasteiger partial charge in [0.1, 0.15) is 62.8 Å². The zero-order valence-corrected chi connectivity index (χ0v) is 30.7. The molecule has 0 N–H and O–H groups in total. The minimum absolute atomic E-state index is 0.159. The zero-order valence-electron chi connectivity index (χ0n) is 30.7. The molecule has 0 bridgehead atoms. The Morgan fingerprint density at radius 1 is 0.309 bits per heavy atom. The van der Waals surface area contributed by atoms with E-state index in [-0.39, 0.29) is 49.1 Å². The SMILES string of the molecule is [B]c1c([B])c([B])c2c(-c3cccc(-c4ccc5c(c4)C(C)(C)c4ccccc4-5)c3)c3c([B])c([B])c([B])c([B])c3c(-c3ccc(-c4ccccc4)cc3)c2c1[B]. The first-order valence-electron chi connectivity index (χ1n) is 18.2. The van der Waals surface area contributed by atoms with Crippen LogP contribution < -0.4 is 43.7 Å². The molecule has 238 valence electrons. The smallest absolute Gasteiger partial charge is 0.110 e. The molecule has 0 atom stereocenters. The Bertz CT molecular complexity index is 2830. The first-order chi connectivity index (χ1) is 26.4.